The van der Waals surface area contributed by atoms with Gasteiger partial charge in [-0.2, -0.15) is 0 Å². The fourth-order valence-electron chi connectivity index (χ4n) is 2.29. The van der Waals surface area contributed by atoms with E-state index < -0.39 is 0 Å². The predicted molar refractivity (Wildman–Crippen MR) is 91.8 cm³/mol. The van der Waals surface area contributed by atoms with Crippen LogP contribution in [0.4, 0.5) is 0 Å². The van der Waals surface area contributed by atoms with Crippen molar-refractivity contribution in [3.8, 4) is 16.9 Å². The van der Waals surface area contributed by atoms with E-state index in [2.05, 4.69) is 4.98 Å². The van der Waals surface area contributed by atoms with Gasteiger partial charge in [0.2, 0.25) is 0 Å². The number of hydrogen-bond donors (Lipinski definition) is 0. The van der Waals surface area contributed by atoms with Crippen molar-refractivity contribution in [2.45, 2.75) is 12.1 Å². The fraction of sp³-hybridized carbons (Fsp3) is 0.111. The summed E-state index contributed by atoms with van der Waals surface area (Å²) >= 11 is 1.47. The first-order valence-corrected chi connectivity index (χ1v) is 8.22. The van der Waals surface area contributed by atoms with E-state index in [0.717, 1.165) is 16.8 Å². The summed E-state index contributed by atoms with van der Waals surface area (Å²) in [5, 5.41) is 0.690. The van der Waals surface area contributed by atoms with Gasteiger partial charge < -0.3 is 0 Å². The molecule has 0 saturated heterocycles. The van der Waals surface area contributed by atoms with Gasteiger partial charge in [-0.15, -0.1) is 0 Å². The number of nitrogens with zero attached hydrogens (tertiary/aromatic N) is 2. The zero-order valence-corrected chi connectivity index (χ0v) is 13.3. The average Bonchev–Trinajstić information content (AvgIpc) is 2.56. The smallest absolute Gasteiger partial charge is 0.259 e. The van der Waals surface area contributed by atoms with Gasteiger partial charge in [-0.05, 0) is 25.3 Å². The van der Waals surface area contributed by atoms with Gasteiger partial charge in [0, 0.05) is 11.6 Å². The third kappa shape index (κ3) is 2.83. The van der Waals surface area contributed by atoms with Crippen molar-refractivity contribution in [2.24, 2.45) is 0 Å². The van der Waals surface area contributed by atoms with Gasteiger partial charge in [0.25, 0.3) is 5.56 Å². The van der Waals surface area contributed by atoms with Gasteiger partial charge in [-0.25, -0.2) is 4.98 Å². The third-order valence-electron chi connectivity index (χ3n) is 3.43. The molecule has 3 nitrogen and oxygen atoms in total. The van der Waals surface area contributed by atoms with Crippen LogP contribution in [0.5, 0.6) is 0 Å². The molecule has 0 fully saturated rings. The first-order valence-electron chi connectivity index (χ1n) is 6.99. The van der Waals surface area contributed by atoms with Crippen molar-refractivity contribution in [1.29, 1.82) is 0 Å². The lowest BCUT2D eigenvalue weighted by Crippen LogP contribution is -2.20. The SMILES string of the molecule is CSc1nc(-c2ccccc2)cc(=O)n1-c1ccc(C)cc1. The molecule has 0 saturated carbocycles. The topological polar surface area (TPSA) is 34.9 Å². The van der Waals surface area contributed by atoms with Gasteiger partial charge in [0.15, 0.2) is 5.16 Å². The van der Waals surface area contributed by atoms with E-state index in [4.69, 9.17) is 0 Å². The first-order chi connectivity index (χ1) is 10.7. The summed E-state index contributed by atoms with van der Waals surface area (Å²) in [5.41, 5.74) is 3.59. The zero-order valence-electron chi connectivity index (χ0n) is 12.5. The molecule has 0 bridgehead atoms. The summed E-state index contributed by atoms with van der Waals surface area (Å²) in [6.07, 6.45) is 1.93. The van der Waals surface area contributed by atoms with Crippen LogP contribution >= 0.6 is 11.8 Å². The second-order valence-electron chi connectivity index (χ2n) is 5.00. The van der Waals surface area contributed by atoms with Crippen molar-refractivity contribution in [2.75, 3.05) is 6.26 Å². The maximum absolute atomic E-state index is 12.6. The van der Waals surface area contributed by atoms with E-state index in [0.29, 0.717) is 10.9 Å². The molecule has 0 unspecified atom stereocenters. The lowest BCUT2D eigenvalue weighted by molar-refractivity contribution is 0.801. The lowest BCUT2D eigenvalue weighted by Gasteiger charge is -2.12. The van der Waals surface area contributed by atoms with Crippen LogP contribution in [-0.4, -0.2) is 15.8 Å². The van der Waals surface area contributed by atoms with Crippen molar-refractivity contribution >= 4 is 11.8 Å². The largest absolute Gasteiger partial charge is 0.269 e. The van der Waals surface area contributed by atoms with Gasteiger partial charge >= 0.3 is 0 Å². The Labute approximate surface area is 133 Å². The fourth-order valence-corrected chi connectivity index (χ4v) is 2.85. The minimum absolute atomic E-state index is 0.0675. The summed E-state index contributed by atoms with van der Waals surface area (Å²) < 4.78 is 1.65. The maximum Gasteiger partial charge on any atom is 0.259 e. The molecule has 0 aliphatic rings. The lowest BCUT2D eigenvalue weighted by atomic mass is 10.1. The van der Waals surface area contributed by atoms with Crippen molar-refractivity contribution in [3.63, 3.8) is 0 Å². The molecule has 3 rings (SSSR count). The van der Waals surface area contributed by atoms with Crippen LogP contribution in [0, 0.1) is 6.92 Å². The van der Waals surface area contributed by atoms with Crippen LogP contribution in [0.3, 0.4) is 0 Å². The molecule has 0 N–H and O–H groups in total. The summed E-state index contributed by atoms with van der Waals surface area (Å²) in [5.74, 6) is 0. The molecule has 0 aliphatic carbocycles. The molecule has 0 amide bonds. The number of rotatable bonds is 3. The molecule has 0 spiro atoms. The zero-order chi connectivity index (χ0) is 15.5. The van der Waals surface area contributed by atoms with E-state index >= 15 is 0 Å². The molecular formula is C18H16N2OS. The van der Waals surface area contributed by atoms with Crippen molar-refractivity contribution < 1.29 is 0 Å². The first kappa shape index (κ1) is 14.6. The summed E-state index contributed by atoms with van der Waals surface area (Å²) in [7, 11) is 0. The highest BCUT2D eigenvalue weighted by molar-refractivity contribution is 7.98. The number of benzene rings is 2. The highest BCUT2D eigenvalue weighted by atomic mass is 32.2. The van der Waals surface area contributed by atoms with E-state index in [1.165, 1.54) is 11.8 Å². The molecule has 1 heterocycles. The molecule has 1 aromatic heterocycles. The highest BCUT2D eigenvalue weighted by Gasteiger charge is 2.11. The number of aryl methyl sites for hydroxylation is 1. The number of aromatic nitrogens is 2. The predicted octanol–water partition coefficient (Wildman–Crippen LogP) is 3.93. The van der Waals surface area contributed by atoms with Gasteiger partial charge in [0.1, 0.15) is 0 Å². The standard InChI is InChI=1S/C18H16N2OS/c1-13-8-10-15(11-9-13)20-17(21)12-16(19-18(20)22-2)14-6-4-3-5-7-14/h3-12H,1-2H3. The Kier molecular flexibility index (Phi) is 4.11. The van der Waals surface area contributed by atoms with Crippen molar-refractivity contribution in [3.05, 3.63) is 76.6 Å². The van der Waals surface area contributed by atoms with Crippen LogP contribution in [0.25, 0.3) is 16.9 Å². The molecule has 0 aliphatic heterocycles. The third-order valence-corrected chi connectivity index (χ3v) is 4.07. The molecular weight excluding hydrogens is 292 g/mol. The molecule has 4 heteroatoms. The van der Waals surface area contributed by atoms with Crippen molar-refractivity contribution in [1.82, 2.24) is 9.55 Å². The Morgan fingerprint density at radius 2 is 1.68 bits per heavy atom. The second-order valence-corrected chi connectivity index (χ2v) is 5.78. The van der Waals surface area contributed by atoms with E-state index in [-0.39, 0.29) is 5.56 Å². The molecule has 3 aromatic rings. The number of hydrogen-bond acceptors (Lipinski definition) is 3. The monoisotopic (exact) mass is 308 g/mol. The van der Waals surface area contributed by atoms with Crippen LogP contribution in [0.15, 0.2) is 70.6 Å². The van der Waals surface area contributed by atoms with E-state index in [1.807, 2.05) is 67.8 Å². The second kappa shape index (κ2) is 6.20. The van der Waals surface area contributed by atoms with Crippen LogP contribution in [0.2, 0.25) is 0 Å². The Balaban J connectivity index is 2.17. The average molecular weight is 308 g/mol. The molecule has 0 atom stereocenters. The van der Waals surface area contributed by atoms with Gasteiger partial charge in [0.05, 0.1) is 11.4 Å². The van der Waals surface area contributed by atoms with Crippen LogP contribution < -0.4 is 5.56 Å². The summed E-state index contributed by atoms with van der Waals surface area (Å²) in [4.78, 5) is 17.2. The Hall–Kier alpha value is -2.33. The minimum atomic E-state index is -0.0675. The molecule has 22 heavy (non-hydrogen) atoms. The number of thioether (sulfide) groups is 1. The quantitative estimate of drug-likeness (QED) is 0.543. The maximum atomic E-state index is 12.6. The highest BCUT2D eigenvalue weighted by Crippen LogP contribution is 2.21. The Bertz CT molecular complexity index is 839. The molecule has 110 valence electrons. The van der Waals surface area contributed by atoms with Gasteiger partial charge in [-0.3, -0.25) is 9.36 Å². The normalized spacial score (nSPS) is 10.6. The minimum Gasteiger partial charge on any atom is -0.269 e. The van der Waals surface area contributed by atoms with E-state index in [1.54, 1.807) is 10.6 Å². The van der Waals surface area contributed by atoms with E-state index in [9.17, 15) is 4.79 Å². The van der Waals surface area contributed by atoms with Crippen LogP contribution in [-0.2, 0) is 0 Å². The summed E-state index contributed by atoms with van der Waals surface area (Å²) in [6, 6.07) is 19.2. The Morgan fingerprint density at radius 1 is 1.00 bits per heavy atom. The van der Waals surface area contributed by atoms with Crippen LogP contribution in [0.1, 0.15) is 5.56 Å². The molecule has 0 radical (unpaired) electrons. The Morgan fingerprint density at radius 3 is 2.32 bits per heavy atom. The summed E-state index contributed by atoms with van der Waals surface area (Å²) in [6.45, 7) is 2.03. The molecule has 2 aromatic carbocycles. The van der Waals surface area contributed by atoms with Gasteiger partial charge in [-0.1, -0.05) is 59.8 Å².